The van der Waals surface area contributed by atoms with Gasteiger partial charge in [0.05, 0.1) is 26.7 Å². The van der Waals surface area contributed by atoms with Crippen LogP contribution in [0, 0.1) is 0 Å². The lowest BCUT2D eigenvalue weighted by Gasteiger charge is -2.24. The van der Waals surface area contributed by atoms with E-state index in [0.717, 1.165) is 26.7 Å². The summed E-state index contributed by atoms with van der Waals surface area (Å²) >= 11 is 0. The Hall–Kier alpha value is -4.68. The van der Waals surface area contributed by atoms with Gasteiger partial charge in [0.2, 0.25) is 0 Å². The number of hydrogen-bond acceptors (Lipinski definition) is 8. The Bertz CT molecular complexity index is 1730. The summed E-state index contributed by atoms with van der Waals surface area (Å²) in [6, 6.07) is 21.4. The van der Waals surface area contributed by atoms with Crippen molar-refractivity contribution >= 4 is 51.3 Å². The Balaban J connectivity index is 1.36. The first-order valence-electron chi connectivity index (χ1n) is 14.7. The van der Waals surface area contributed by atoms with E-state index in [9.17, 15) is 0 Å². The van der Waals surface area contributed by atoms with Gasteiger partial charge in [-0.2, -0.15) is 0 Å². The second kappa shape index (κ2) is 9.96. The molecule has 0 atom stereocenters. The summed E-state index contributed by atoms with van der Waals surface area (Å²) in [4.78, 5) is 18.3. The van der Waals surface area contributed by atoms with Crippen molar-refractivity contribution in [3.63, 3.8) is 0 Å². The first-order chi connectivity index (χ1) is 20.9. The normalized spacial score (nSPS) is 18.0. The molecule has 0 radical (unpaired) electrons. The molecule has 0 saturated carbocycles. The summed E-state index contributed by atoms with van der Waals surface area (Å²) in [6.07, 6.45) is 17.4. The van der Waals surface area contributed by atoms with Gasteiger partial charge in [-0.15, -0.1) is 0 Å². The van der Waals surface area contributed by atoms with Crippen molar-refractivity contribution in [2.45, 2.75) is 0 Å². The van der Waals surface area contributed by atoms with Crippen LogP contribution in [0.2, 0.25) is 0 Å². The molecule has 0 unspecified atom stereocenters. The summed E-state index contributed by atoms with van der Waals surface area (Å²) in [5.74, 6) is 0. The molecule has 1 aromatic heterocycles. The minimum Gasteiger partial charge on any atom is -0.361 e. The predicted octanol–water partition coefficient (Wildman–Crippen LogP) is 6.69. The average Bonchev–Trinajstić information content (AvgIpc) is 3.84. The molecular weight excluding hydrogens is 551 g/mol. The quantitative estimate of drug-likeness (QED) is 0.255. The van der Waals surface area contributed by atoms with Crippen molar-refractivity contribution in [2.75, 3.05) is 74.5 Å². The van der Waals surface area contributed by atoms with E-state index in [2.05, 4.69) is 172 Å². The zero-order valence-corrected chi connectivity index (χ0v) is 26.1. The summed E-state index contributed by atoms with van der Waals surface area (Å²) in [6.45, 7) is 3.43. The molecule has 4 aliphatic heterocycles. The summed E-state index contributed by atoms with van der Waals surface area (Å²) in [7, 11) is 7.71. The number of hydrogen-bond donors (Lipinski definition) is 0. The molecule has 8 nitrogen and oxygen atoms in total. The summed E-state index contributed by atoms with van der Waals surface area (Å²) < 4.78 is 0. The summed E-state index contributed by atoms with van der Waals surface area (Å²) in [5, 5.41) is 6.96. The van der Waals surface area contributed by atoms with E-state index >= 15 is 0 Å². The third-order valence-corrected chi connectivity index (χ3v) is 11.2. The fraction of sp³-hybridized carbons (Fsp3) is 0.235. The first kappa shape index (κ1) is 26.0. The third-order valence-electron chi connectivity index (χ3n) is 8.71. The molecule has 0 saturated heterocycles. The molecule has 3 aromatic carbocycles. The molecule has 4 aromatic rings. The van der Waals surface area contributed by atoms with Gasteiger partial charge in [-0.25, -0.2) is 0 Å². The van der Waals surface area contributed by atoms with Gasteiger partial charge in [0, 0.05) is 116 Å². The maximum atomic E-state index is 2.45. The Morgan fingerprint density at radius 1 is 0.419 bits per heavy atom. The van der Waals surface area contributed by atoms with Gasteiger partial charge in [0.15, 0.2) is 0 Å². The lowest BCUT2D eigenvalue weighted by Crippen LogP contribution is -2.23. The molecule has 9 heteroatoms. The van der Waals surface area contributed by atoms with Crippen LogP contribution in [0.5, 0.6) is 0 Å². The highest BCUT2D eigenvalue weighted by Crippen LogP contribution is 2.58. The van der Waals surface area contributed by atoms with E-state index < -0.39 is 7.53 Å². The Morgan fingerprint density at radius 3 is 1.14 bits per heavy atom. The molecule has 0 N–H and O–H groups in total. The smallest absolute Gasteiger partial charge is 0.0938 e. The highest BCUT2D eigenvalue weighted by Gasteiger charge is 2.22. The Morgan fingerprint density at radius 2 is 0.791 bits per heavy atom. The first-order valence-corrected chi connectivity index (χ1v) is 16.1. The highest BCUT2D eigenvalue weighted by molar-refractivity contribution is 7.68. The zero-order valence-electron chi connectivity index (χ0n) is 25.2. The van der Waals surface area contributed by atoms with E-state index in [-0.39, 0.29) is 0 Å². The van der Waals surface area contributed by atoms with E-state index in [1.807, 2.05) is 0 Å². The topological polar surface area (TPSA) is 25.9 Å². The number of benzene rings is 3. The number of anilines is 4. The van der Waals surface area contributed by atoms with Crippen LogP contribution in [0.25, 0.3) is 26.3 Å². The van der Waals surface area contributed by atoms with Crippen LogP contribution < -0.4 is 19.6 Å². The van der Waals surface area contributed by atoms with Gasteiger partial charge in [-0.1, -0.05) is 19.7 Å². The summed E-state index contributed by atoms with van der Waals surface area (Å²) in [5.41, 5.74) is 4.95. The molecule has 43 heavy (non-hydrogen) atoms. The van der Waals surface area contributed by atoms with Gasteiger partial charge >= 0.3 is 0 Å². The van der Waals surface area contributed by atoms with Gasteiger partial charge in [0.25, 0.3) is 0 Å². The van der Waals surface area contributed by atoms with Gasteiger partial charge in [-0.3, -0.25) is 0 Å². The van der Waals surface area contributed by atoms with Crippen LogP contribution in [0.1, 0.15) is 0 Å². The lowest BCUT2D eigenvalue weighted by atomic mass is 10.1. The number of nitrogens with zero attached hydrogens (tertiary/aromatic N) is 8. The van der Waals surface area contributed by atoms with Crippen LogP contribution in [-0.2, 0) is 0 Å². The van der Waals surface area contributed by atoms with E-state index in [0.29, 0.717) is 0 Å². The maximum absolute atomic E-state index is 2.45. The lowest BCUT2D eigenvalue weighted by molar-refractivity contribution is 0.494. The van der Waals surface area contributed by atoms with Crippen molar-refractivity contribution in [1.82, 2.24) is 19.6 Å². The molecular formula is C34H37N8P. The van der Waals surface area contributed by atoms with Crippen LogP contribution >= 0.6 is 7.53 Å². The largest absolute Gasteiger partial charge is 0.361 e. The van der Waals surface area contributed by atoms with E-state index in [1.165, 1.54) is 49.1 Å². The predicted molar refractivity (Wildman–Crippen MR) is 182 cm³/mol. The van der Waals surface area contributed by atoms with E-state index in [4.69, 9.17) is 0 Å². The average molecular weight is 589 g/mol. The van der Waals surface area contributed by atoms with Crippen molar-refractivity contribution < 1.29 is 0 Å². The van der Waals surface area contributed by atoms with Crippen molar-refractivity contribution in [2.24, 2.45) is 0 Å². The van der Waals surface area contributed by atoms with Crippen LogP contribution in [0.3, 0.4) is 0 Å². The molecule has 0 spiro atoms. The minimum atomic E-state index is -0.796. The number of rotatable bonds is 5. The second-order valence-electron chi connectivity index (χ2n) is 12.1. The Labute approximate surface area is 254 Å². The fourth-order valence-electron chi connectivity index (χ4n) is 6.46. The molecule has 8 rings (SSSR count). The molecule has 4 aliphatic rings. The fourth-order valence-corrected chi connectivity index (χ4v) is 9.19. The molecule has 0 amide bonds. The minimum absolute atomic E-state index is 0.796. The highest BCUT2D eigenvalue weighted by atomic mass is 31.1. The maximum Gasteiger partial charge on any atom is 0.0938 e. The van der Waals surface area contributed by atoms with E-state index in [1.54, 1.807) is 0 Å². The molecule has 5 heterocycles. The third kappa shape index (κ3) is 4.54. The van der Waals surface area contributed by atoms with Crippen LogP contribution in [0.4, 0.5) is 22.7 Å². The van der Waals surface area contributed by atoms with Crippen molar-refractivity contribution in [3.05, 3.63) is 104 Å². The zero-order chi connectivity index (χ0) is 29.2. The molecule has 218 valence electrons. The second-order valence-corrected chi connectivity index (χ2v) is 14.3. The monoisotopic (exact) mass is 588 g/mol. The van der Waals surface area contributed by atoms with Gasteiger partial charge < -0.3 is 39.2 Å². The molecule has 0 bridgehead atoms. The van der Waals surface area contributed by atoms with Crippen LogP contribution in [0.15, 0.2) is 104 Å². The van der Waals surface area contributed by atoms with Gasteiger partial charge in [0.1, 0.15) is 0 Å². The number of fused-ring (bicyclic) bond motifs is 3. The Kier molecular flexibility index (Phi) is 6.02. The molecule has 0 fully saturated rings. The van der Waals surface area contributed by atoms with Crippen LogP contribution in [-0.4, -0.2) is 74.5 Å². The molecule has 0 aliphatic carbocycles. The van der Waals surface area contributed by atoms with Crippen molar-refractivity contribution in [3.8, 4) is 5.30 Å². The SMILES string of the molecule is CN1C=CN(c2cc(N3C=CN(C)C3)cc(-p3c4cc(N5C=CN(C)C5)ccc4c4ccc(N5C=CN(C)C5)cc43)c2)C1. The standard InChI is InChI=1S/C34H37N8P/c1-35-9-13-39(22-35)26-5-7-31-32-8-6-27(40-14-10-36(2)23-40)21-34(32)43(33(31)20-26)30-18-28(41-15-11-37(3)24-41)17-29(19-30)42-16-12-38(4)25-42/h5-21H,22-25H2,1-4H3. The van der Waals surface area contributed by atoms with Crippen molar-refractivity contribution in [1.29, 1.82) is 0 Å². The van der Waals surface area contributed by atoms with Gasteiger partial charge in [-0.05, 0) is 53.2 Å².